The number of epoxide rings is 2. The van der Waals surface area contributed by atoms with Crippen LogP contribution in [-0.2, 0) is 14.2 Å². The molecular formula is C25H42N2O5. The lowest BCUT2D eigenvalue weighted by atomic mass is 9.80. The number of hydrogen-bond donors (Lipinski definition) is 1. The fourth-order valence-electron chi connectivity index (χ4n) is 5.62. The van der Waals surface area contributed by atoms with Gasteiger partial charge in [-0.3, -0.25) is 0 Å². The molecule has 1 aliphatic carbocycles. The molecule has 182 valence electrons. The van der Waals surface area contributed by atoms with Crippen molar-refractivity contribution in [3.8, 4) is 0 Å². The van der Waals surface area contributed by atoms with Gasteiger partial charge in [0.15, 0.2) is 0 Å². The van der Waals surface area contributed by atoms with E-state index in [9.17, 15) is 9.90 Å². The van der Waals surface area contributed by atoms with Crippen molar-refractivity contribution in [2.45, 2.75) is 108 Å². The van der Waals surface area contributed by atoms with E-state index in [-0.39, 0.29) is 35.6 Å². The van der Waals surface area contributed by atoms with Gasteiger partial charge in [0.05, 0.1) is 24.8 Å². The van der Waals surface area contributed by atoms with Crippen LogP contribution in [0.1, 0.15) is 73.1 Å². The first-order valence-electron chi connectivity index (χ1n) is 12.5. The third-order valence-electron chi connectivity index (χ3n) is 8.08. The molecule has 7 nitrogen and oxygen atoms in total. The number of allylic oxidation sites excluding steroid dienone is 1. The van der Waals surface area contributed by atoms with Crippen molar-refractivity contribution < 1.29 is 24.1 Å². The van der Waals surface area contributed by atoms with Crippen molar-refractivity contribution in [1.29, 1.82) is 0 Å². The van der Waals surface area contributed by atoms with E-state index in [1.54, 1.807) is 4.90 Å². The van der Waals surface area contributed by atoms with Crippen molar-refractivity contribution >= 4 is 6.09 Å². The number of nitrogens with zero attached hydrogens (tertiary/aromatic N) is 2. The van der Waals surface area contributed by atoms with Gasteiger partial charge in [-0.2, -0.15) is 0 Å². The Morgan fingerprint density at radius 1 is 1.19 bits per heavy atom. The van der Waals surface area contributed by atoms with Crippen molar-refractivity contribution in [3.63, 3.8) is 0 Å². The predicted molar refractivity (Wildman–Crippen MR) is 123 cm³/mol. The first-order chi connectivity index (χ1) is 15.1. The number of likely N-dealkylation sites (tertiary alicyclic amines) is 1. The van der Waals surface area contributed by atoms with Gasteiger partial charge < -0.3 is 29.1 Å². The number of hydrogen-bond acceptors (Lipinski definition) is 6. The summed E-state index contributed by atoms with van der Waals surface area (Å²) in [4.78, 5) is 16.5. The molecule has 0 aromatic rings. The molecule has 1 unspecified atom stereocenters. The van der Waals surface area contributed by atoms with Crippen LogP contribution in [0.2, 0.25) is 0 Å². The summed E-state index contributed by atoms with van der Waals surface area (Å²) in [5, 5.41) is 10.6. The molecule has 3 heterocycles. The molecule has 3 aliphatic heterocycles. The Labute approximate surface area is 193 Å². The van der Waals surface area contributed by atoms with Crippen molar-refractivity contribution in [2.75, 3.05) is 32.7 Å². The van der Waals surface area contributed by atoms with Crippen LogP contribution in [0.15, 0.2) is 11.6 Å². The van der Waals surface area contributed by atoms with Gasteiger partial charge in [-0.1, -0.05) is 25.5 Å². The van der Waals surface area contributed by atoms with Crippen LogP contribution in [0.5, 0.6) is 0 Å². The number of aliphatic hydroxyl groups is 1. The molecule has 1 amide bonds. The average Bonchev–Trinajstić information content (AvgIpc) is 3.62. The fourth-order valence-corrected chi connectivity index (χ4v) is 5.62. The number of rotatable bonds is 9. The highest BCUT2D eigenvalue weighted by molar-refractivity contribution is 5.69. The van der Waals surface area contributed by atoms with Gasteiger partial charge in [0.1, 0.15) is 23.4 Å². The fraction of sp³-hybridized carbons (Fsp3) is 0.880. The predicted octanol–water partition coefficient (Wildman–Crippen LogP) is 3.50. The lowest BCUT2D eigenvalue weighted by molar-refractivity contribution is -0.102. The molecule has 3 saturated heterocycles. The molecule has 1 spiro atoms. The quantitative estimate of drug-likeness (QED) is 0.428. The molecule has 7 heteroatoms. The SMILES string of the molecule is CCN(CC)CCC1(O)CN(C(=O)OC2CCC3(CC2)OC3[C@]2(C)O[C@@H]2CC=C(C)C)C1. The normalized spacial score (nSPS) is 37.2. The molecule has 4 rings (SSSR count). The van der Waals surface area contributed by atoms with Gasteiger partial charge in [0.2, 0.25) is 0 Å². The highest BCUT2D eigenvalue weighted by Crippen LogP contribution is 2.60. The molecule has 4 aliphatic rings. The second-order valence-corrected chi connectivity index (χ2v) is 10.8. The summed E-state index contributed by atoms with van der Waals surface area (Å²) >= 11 is 0. The van der Waals surface area contributed by atoms with Crippen LogP contribution < -0.4 is 0 Å². The second kappa shape index (κ2) is 8.90. The summed E-state index contributed by atoms with van der Waals surface area (Å²) in [7, 11) is 0. The highest BCUT2D eigenvalue weighted by atomic mass is 16.7. The Morgan fingerprint density at radius 2 is 1.84 bits per heavy atom. The van der Waals surface area contributed by atoms with Gasteiger partial charge >= 0.3 is 6.09 Å². The van der Waals surface area contributed by atoms with E-state index in [2.05, 4.69) is 45.6 Å². The average molecular weight is 451 g/mol. The van der Waals surface area contributed by atoms with E-state index in [1.165, 1.54) is 5.57 Å². The van der Waals surface area contributed by atoms with Crippen molar-refractivity contribution in [2.24, 2.45) is 0 Å². The zero-order valence-electron chi connectivity index (χ0n) is 20.6. The van der Waals surface area contributed by atoms with E-state index in [1.807, 2.05) is 0 Å². The molecule has 4 fully saturated rings. The third kappa shape index (κ3) is 4.86. The summed E-state index contributed by atoms with van der Waals surface area (Å²) in [5.41, 5.74) is 0.303. The van der Waals surface area contributed by atoms with E-state index < -0.39 is 5.60 Å². The summed E-state index contributed by atoms with van der Waals surface area (Å²) in [6, 6.07) is 0. The topological polar surface area (TPSA) is 78.1 Å². The zero-order valence-corrected chi connectivity index (χ0v) is 20.6. The molecule has 0 aromatic heterocycles. The van der Waals surface area contributed by atoms with E-state index in [0.29, 0.717) is 19.5 Å². The molecule has 0 aromatic carbocycles. The summed E-state index contributed by atoms with van der Waals surface area (Å²) in [6.45, 7) is 14.2. The Bertz CT molecular complexity index is 718. The molecular weight excluding hydrogens is 408 g/mol. The lowest BCUT2D eigenvalue weighted by Gasteiger charge is -2.46. The first kappa shape index (κ1) is 24.0. The summed E-state index contributed by atoms with van der Waals surface area (Å²) < 4.78 is 18.0. The van der Waals surface area contributed by atoms with Crippen molar-refractivity contribution in [1.82, 2.24) is 9.80 Å². The van der Waals surface area contributed by atoms with Gasteiger partial charge in [-0.05, 0) is 72.4 Å². The van der Waals surface area contributed by atoms with Crippen LogP contribution in [0, 0.1) is 0 Å². The maximum absolute atomic E-state index is 12.5. The second-order valence-electron chi connectivity index (χ2n) is 10.8. The smallest absolute Gasteiger partial charge is 0.410 e. The van der Waals surface area contributed by atoms with Crippen LogP contribution in [0.4, 0.5) is 4.79 Å². The zero-order chi connectivity index (χ0) is 23.1. The summed E-state index contributed by atoms with van der Waals surface area (Å²) in [6.07, 6.45) is 7.45. The minimum atomic E-state index is -0.769. The Kier molecular flexibility index (Phi) is 6.67. The van der Waals surface area contributed by atoms with Crippen LogP contribution in [0.3, 0.4) is 0 Å². The summed E-state index contributed by atoms with van der Waals surface area (Å²) in [5.74, 6) is 0. The molecule has 0 radical (unpaired) electrons. The Morgan fingerprint density at radius 3 is 2.44 bits per heavy atom. The molecule has 1 saturated carbocycles. The van der Waals surface area contributed by atoms with Crippen molar-refractivity contribution in [3.05, 3.63) is 11.6 Å². The Balaban J connectivity index is 1.16. The first-order valence-corrected chi connectivity index (χ1v) is 12.5. The highest BCUT2D eigenvalue weighted by Gasteiger charge is 2.73. The number of ether oxygens (including phenoxy) is 3. The van der Waals surface area contributed by atoms with Gasteiger partial charge in [-0.15, -0.1) is 0 Å². The van der Waals surface area contributed by atoms with Gasteiger partial charge in [-0.25, -0.2) is 4.79 Å². The molecule has 1 N–H and O–H groups in total. The molecule has 32 heavy (non-hydrogen) atoms. The minimum Gasteiger partial charge on any atom is -0.446 e. The van der Waals surface area contributed by atoms with E-state index >= 15 is 0 Å². The minimum absolute atomic E-state index is 0.0586. The van der Waals surface area contributed by atoms with Gasteiger partial charge in [0, 0.05) is 6.54 Å². The molecule has 3 atom stereocenters. The molecule has 0 bridgehead atoms. The third-order valence-corrected chi connectivity index (χ3v) is 8.08. The monoisotopic (exact) mass is 450 g/mol. The van der Waals surface area contributed by atoms with Gasteiger partial charge in [0.25, 0.3) is 0 Å². The van der Waals surface area contributed by atoms with Crippen LogP contribution >= 0.6 is 0 Å². The maximum atomic E-state index is 12.5. The number of amides is 1. The van der Waals surface area contributed by atoms with Crippen LogP contribution in [0.25, 0.3) is 0 Å². The van der Waals surface area contributed by atoms with E-state index in [4.69, 9.17) is 14.2 Å². The standard InChI is InChI=1S/C25H42N2O5/c1-6-26(7-2)15-14-24(29)16-27(17-24)22(28)30-19-10-12-25(13-11-19)21(32-25)23(5)20(31-23)9-8-18(3)4/h8,19-21,29H,6-7,9-17H2,1-5H3/t19?,20-,21?,23-,25?/m1/s1. The number of carbonyl (C=O) groups excluding carboxylic acids is 1. The number of β-amino-alcohol motifs (C(OH)–C–C–N with tert-alkyl or cyclic N) is 1. The lowest BCUT2D eigenvalue weighted by Crippen LogP contribution is -2.64. The van der Waals surface area contributed by atoms with Crippen LogP contribution in [-0.4, -0.2) is 88.8 Å². The Hall–Kier alpha value is -1.15. The number of carbonyl (C=O) groups is 1. The largest absolute Gasteiger partial charge is 0.446 e. The maximum Gasteiger partial charge on any atom is 0.410 e. The van der Waals surface area contributed by atoms with E-state index in [0.717, 1.165) is 51.7 Å².